The third-order valence-electron chi connectivity index (χ3n) is 2.30. The van der Waals surface area contributed by atoms with Crippen LogP contribution >= 0.6 is 0 Å². The zero-order valence-electron chi connectivity index (χ0n) is 10.1. The van der Waals surface area contributed by atoms with Crippen LogP contribution < -0.4 is 5.32 Å². The molecule has 1 amide bonds. The van der Waals surface area contributed by atoms with Crippen molar-refractivity contribution >= 4 is 5.91 Å². The first kappa shape index (κ1) is 13.7. The molecule has 0 saturated carbocycles. The molecule has 17 heavy (non-hydrogen) atoms. The summed E-state index contributed by atoms with van der Waals surface area (Å²) in [6, 6.07) is 9.70. The number of amides is 1. The maximum atomic E-state index is 11.3. The van der Waals surface area contributed by atoms with Crippen LogP contribution in [0.5, 0.6) is 0 Å². The minimum atomic E-state index is -0.152. The number of ether oxygens (including phenoxy) is 1. The number of hydrogen-bond donors (Lipinski definition) is 2. The molecule has 0 aromatic heterocycles. The van der Waals surface area contributed by atoms with E-state index in [0.29, 0.717) is 13.2 Å². The summed E-state index contributed by atoms with van der Waals surface area (Å²) in [5.74, 6) is -0.0747. The van der Waals surface area contributed by atoms with E-state index in [-0.39, 0.29) is 25.0 Å². The molecule has 0 spiro atoms. The fourth-order valence-electron chi connectivity index (χ4n) is 1.24. The van der Waals surface area contributed by atoms with Gasteiger partial charge in [0, 0.05) is 13.2 Å². The zero-order valence-corrected chi connectivity index (χ0v) is 10.1. The summed E-state index contributed by atoms with van der Waals surface area (Å²) in [4.78, 5) is 11.3. The van der Waals surface area contributed by atoms with E-state index >= 15 is 0 Å². The Labute approximate surface area is 102 Å². The van der Waals surface area contributed by atoms with Crippen molar-refractivity contribution in [2.24, 2.45) is 5.92 Å². The van der Waals surface area contributed by atoms with E-state index in [1.807, 2.05) is 37.3 Å². The Hall–Kier alpha value is -1.39. The zero-order chi connectivity index (χ0) is 12.5. The minimum Gasteiger partial charge on any atom is -0.396 e. The normalized spacial score (nSPS) is 12.1. The Balaban J connectivity index is 2.12. The first-order valence-electron chi connectivity index (χ1n) is 5.71. The van der Waals surface area contributed by atoms with Crippen LogP contribution in [-0.2, 0) is 16.1 Å². The van der Waals surface area contributed by atoms with Crippen molar-refractivity contribution in [3.05, 3.63) is 35.9 Å². The number of nitrogens with one attached hydrogen (secondary N) is 1. The monoisotopic (exact) mass is 237 g/mol. The van der Waals surface area contributed by atoms with E-state index in [9.17, 15) is 4.79 Å². The van der Waals surface area contributed by atoms with Gasteiger partial charge in [-0.3, -0.25) is 4.79 Å². The van der Waals surface area contributed by atoms with E-state index in [2.05, 4.69) is 5.32 Å². The molecule has 1 aromatic rings. The van der Waals surface area contributed by atoms with Crippen LogP contribution in [0.3, 0.4) is 0 Å². The summed E-state index contributed by atoms with van der Waals surface area (Å²) in [6.45, 7) is 2.90. The molecule has 1 atom stereocenters. The van der Waals surface area contributed by atoms with Gasteiger partial charge in [-0.05, 0) is 11.5 Å². The topological polar surface area (TPSA) is 58.6 Å². The maximum absolute atomic E-state index is 11.3. The second-order valence-corrected chi connectivity index (χ2v) is 4.07. The molecule has 1 unspecified atom stereocenters. The van der Waals surface area contributed by atoms with Gasteiger partial charge in [0.15, 0.2) is 0 Å². The summed E-state index contributed by atoms with van der Waals surface area (Å²) in [6.07, 6.45) is 0. The molecule has 1 aromatic carbocycles. The van der Waals surface area contributed by atoms with E-state index in [1.54, 1.807) is 0 Å². The molecule has 0 saturated heterocycles. The second kappa shape index (κ2) is 7.81. The third kappa shape index (κ3) is 6.04. The van der Waals surface area contributed by atoms with Crippen LogP contribution in [0.4, 0.5) is 0 Å². The molecule has 2 N–H and O–H groups in total. The van der Waals surface area contributed by atoms with Gasteiger partial charge < -0.3 is 15.2 Å². The number of carbonyl (C=O) groups is 1. The molecular formula is C13H19NO3. The van der Waals surface area contributed by atoms with E-state index < -0.39 is 0 Å². The Morgan fingerprint density at radius 2 is 2.12 bits per heavy atom. The number of aliphatic hydroxyl groups excluding tert-OH is 1. The number of carbonyl (C=O) groups excluding carboxylic acids is 1. The van der Waals surface area contributed by atoms with Gasteiger partial charge in [0.05, 0.1) is 6.61 Å². The van der Waals surface area contributed by atoms with Crippen molar-refractivity contribution in [2.75, 3.05) is 19.8 Å². The largest absolute Gasteiger partial charge is 0.396 e. The minimum absolute atomic E-state index is 0.0487. The average molecular weight is 237 g/mol. The summed E-state index contributed by atoms with van der Waals surface area (Å²) >= 11 is 0. The fraction of sp³-hybridized carbons (Fsp3) is 0.462. The van der Waals surface area contributed by atoms with E-state index in [4.69, 9.17) is 9.84 Å². The summed E-state index contributed by atoms with van der Waals surface area (Å²) < 4.78 is 5.27. The standard InChI is InChI=1S/C13H19NO3/c1-11(8-15)7-14-13(16)10-17-9-12-5-3-2-4-6-12/h2-6,11,15H,7-10H2,1H3,(H,14,16). The van der Waals surface area contributed by atoms with Gasteiger partial charge >= 0.3 is 0 Å². The number of hydrogen-bond acceptors (Lipinski definition) is 3. The van der Waals surface area contributed by atoms with Crippen LogP contribution in [0.25, 0.3) is 0 Å². The first-order chi connectivity index (χ1) is 8.22. The fourth-order valence-corrected chi connectivity index (χ4v) is 1.24. The molecular weight excluding hydrogens is 218 g/mol. The summed E-state index contributed by atoms with van der Waals surface area (Å²) in [5, 5.41) is 11.5. The van der Waals surface area contributed by atoms with Gasteiger partial charge in [0.2, 0.25) is 5.91 Å². The lowest BCUT2D eigenvalue weighted by Gasteiger charge is -2.09. The highest BCUT2D eigenvalue weighted by atomic mass is 16.5. The Morgan fingerprint density at radius 1 is 1.41 bits per heavy atom. The van der Waals surface area contributed by atoms with Gasteiger partial charge in [-0.25, -0.2) is 0 Å². The predicted molar refractivity (Wildman–Crippen MR) is 65.4 cm³/mol. The van der Waals surface area contributed by atoms with Crippen molar-refractivity contribution in [2.45, 2.75) is 13.5 Å². The van der Waals surface area contributed by atoms with Crippen molar-refractivity contribution in [1.82, 2.24) is 5.32 Å². The molecule has 0 radical (unpaired) electrons. The highest BCUT2D eigenvalue weighted by molar-refractivity contribution is 5.77. The lowest BCUT2D eigenvalue weighted by Crippen LogP contribution is -2.32. The quantitative estimate of drug-likeness (QED) is 0.742. The van der Waals surface area contributed by atoms with Gasteiger partial charge in [-0.2, -0.15) is 0 Å². The molecule has 0 heterocycles. The summed E-state index contributed by atoms with van der Waals surface area (Å²) in [5.41, 5.74) is 1.05. The average Bonchev–Trinajstić information content (AvgIpc) is 2.37. The van der Waals surface area contributed by atoms with Gasteiger partial charge in [-0.1, -0.05) is 37.3 Å². The third-order valence-corrected chi connectivity index (χ3v) is 2.30. The molecule has 0 aliphatic heterocycles. The first-order valence-corrected chi connectivity index (χ1v) is 5.71. The molecule has 1 rings (SSSR count). The van der Waals surface area contributed by atoms with Crippen LogP contribution in [0.15, 0.2) is 30.3 Å². The Kier molecular flexibility index (Phi) is 6.29. The molecule has 94 valence electrons. The predicted octanol–water partition coefficient (Wildman–Crippen LogP) is 0.948. The lowest BCUT2D eigenvalue weighted by molar-refractivity contribution is -0.126. The Morgan fingerprint density at radius 3 is 2.76 bits per heavy atom. The summed E-state index contributed by atoms with van der Waals surface area (Å²) in [7, 11) is 0. The Bertz CT molecular complexity index is 327. The SMILES string of the molecule is CC(CO)CNC(=O)COCc1ccccc1. The van der Waals surface area contributed by atoms with E-state index in [1.165, 1.54) is 0 Å². The molecule has 0 aliphatic carbocycles. The molecule has 0 fully saturated rings. The highest BCUT2D eigenvalue weighted by Gasteiger charge is 2.04. The maximum Gasteiger partial charge on any atom is 0.246 e. The molecule has 0 aliphatic rings. The highest BCUT2D eigenvalue weighted by Crippen LogP contribution is 1.99. The van der Waals surface area contributed by atoms with Gasteiger partial charge in [-0.15, -0.1) is 0 Å². The van der Waals surface area contributed by atoms with E-state index in [0.717, 1.165) is 5.56 Å². The van der Waals surface area contributed by atoms with Crippen molar-refractivity contribution in [3.63, 3.8) is 0 Å². The number of rotatable bonds is 7. The van der Waals surface area contributed by atoms with Gasteiger partial charge in [0.25, 0.3) is 0 Å². The van der Waals surface area contributed by atoms with Crippen molar-refractivity contribution in [3.8, 4) is 0 Å². The van der Waals surface area contributed by atoms with Crippen LogP contribution in [0.2, 0.25) is 0 Å². The van der Waals surface area contributed by atoms with Crippen LogP contribution in [0.1, 0.15) is 12.5 Å². The van der Waals surface area contributed by atoms with Crippen LogP contribution in [0, 0.1) is 5.92 Å². The molecule has 0 bridgehead atoms. The lowest BCUT2D eigenvalue weighted by atomic mass is 10.2. The molecule has 4 heteroatoms. The number of aliphatic hydroxyl groups is 1. The van der Waals surface area contributed by atoms with Crippen molar-refractivity contribution in [1.29, 1.82) is 0 Å². The molecule has 4 nitrogen and oxygen atoms in total. The smallest absolute Gasteiger partial charge is 0.246 e. The van der Waals surface area contributed by atoms with Crippen molar-refractivity contribution < 1.29 is 14.6 Å². The second-order valence-electron chi connectivity index (χ2n) is 4.07. The van der Waals surface area contributed by atoms with Crippen LogP contribution in [-0.4, -0.2) is 30.8 Å². The van der Waals surface area contributed by atoms with Gasteiger partial charge in [0.1, 0.15) is 6.61 Å². The number of benzene rings is 1.